The number of nitrogens with zero attached hydrogens (tertiary/aromatic N) is 3. The molecule has 1 aliphatic rings. The Labute approximate surface area is 115 Å². The molecule has 0 unspecified atom stereocenters. The van der Waals surface area contributed by atoms with Crippen LogP contribution in [0.4, 0.5) is 13.2 Å². The van der Waals surface area contributed by atoms with E-state index in [9.17, 15) is 18.0 Å². The summed E-state index contributed by atoms with van der Waals surface area (Å²) in [6, 6.07) is -1.66. The van der Waals surface area contributed by atoms with E-state index in [0.717, 1.165) is 11.3 Å². The van der Waals surface area contributed by atoms with Gasteiger partial charge < -0.3 is 4.90 Å². The first-order valence-electron chi connectivity index (χ1n) is 6.76. The maximum atomic E-state index is 12.9. The SMILES string of the molecule is CCCn1cc(C(=O)N2CCC[C@H]2C(F)(F)F)c(C)n1. The Kier molecular flexibility index (Phi) is 4.06. The van der Waals surface area contributed by atoms with E-state index in [0.29, 0.717) is 18.7 Å². The first-order chi connectivity index (χ1) is 9.34. The molecule has 1 aromatic heterocycles. The highest BCUT2D eigenvalue weighted by Gasteiger charge is 2.48. The van der Waals surface area contributed by atoms with Gasteiger partial charge in [0.25, 0.3) is 5.91 Å². The molecule has 2 heterocycles. The standard InChI is InChI=1S/C13H18F3N3O/c1-3-6-18-8-10(9(2)17-18)12(20)19-7-4-5-11(19)13(14,15)16/h8,11H,3-7H2,1-2H3/t11-/m0/s1. The number of rotatable bonds is 3. The highest BCUT2D eigenvalue weighted by Crippen LogP contribution is 2.33. The Morgan fingerprint density at radius 1 is 1.50 bits per heavy atom. The molecule has 7 heteroatoms. The zero-order valence-corrected chi connectivity index (χ0v) is 11.6. The lowest BCUT2D eigenvalue weighted by atomic mass is 10.2. The molecule has 0 aliphatic carbocycles. The quantitative estimate of drug-likeness (QED) is 0.858. The van der Waals surface area contributed by atoms with Crippen LogP contribution < -0.4 is 0 Å². The van der Waals surface area contributed by atoms with Gasteiger partial charge in [0, 0.05) is 19.3 Å². The van der Waals surface area contributed by atoms with Gasteiger partial charge in [-0.3, -0.25) is 9.48 Å². The van der Waals surface area contributed by atoms with Gasteiger partial charge in [0.2, 0.25) is 0 Å². The number of hydrogen-bond donors (Lipinski definition) is 0. The minimum absolute atomic E-state index is 0.0165. The second kappa shape index (κ2) is 5.46. The third-order valence-electron chi connectivity index (χ3n) is 3.52. The lowest BCUT2D eigenvalue weighted by Gasteiger charge is -2.26. The van der Waals surface area contributed by atoms with Gasteiger partial charge in [-0.25, -0.2) is 0 Å². The Hall–Kier alpha value is -1.53. The van der Waals surface area contributed by atoms with Crippen LogP contribution in [0.15, 0.2) is 6.20 Å². The van der Waals surface area contributed by atoms with E-state index in [1.807, 2.05) is 6.92 Å². The summed E-state index contributed by atoms with van der Waals surface area (Å²) in [7, 11) is 0. The van der Waals surface area contributed by atoms with E-state index in [1.54, 1.807) is 17.8 Å². The minimum atomic E-state index is -4.36. The number of hydrogen-bond acceptors (Lipinski definition) is 2. The first kappa shape index (κ1) is 14.9. The molecule has 0 saturated carbocycles. The second-order valence-electron chi connectivity index (χ2n) is 5.09. The summed E-state index contributed by atoms with van der Waals surface area (Å²) in [6.07, 6.45) is -1.59. The normalized spacial score (nSPS) is 19.6. The fourth-order valence-corrected chi connectivity index (χ4v) is 2.58. The fraction of sp³-hybridized carbons (Fsp3) is 0.692. The molecule has 0 aromatic carbocycles. The van der Waals surface area contributed by atoms with Crippen molar-refractivity contribution in [2.45, 2.75) is 51.9 Å². The number of carbonyl (C=O) groups is 1. The Bertz CT molecular complexity index is 496. The van der Waals surface area contributed by atoms with Gasteiger partial charge >= 0.3 is 6.18 Å². The summed E-state index contributed by atoms with van der Waals surface area (Å²) in [5.41, 5.74) is 0.755. The molecule has 0 spiro atoms. The average molecular weight is 289 g/mol. The van der Waals surface area contributed by atoms with Crippen LogP contribution in [0.1, 0.15) is 42.2 Å². The smallest absolute Gasteiger partial charge is 0.326 e. The zero-order valence-electron chi connectivity index (χ0n) is 11.6. The molecule has 1 aliphatic heterocycles. The van der Waals surface area contributed by atoms with E-state index in [1.165, 1.54) is 0 Å². The van der Waals surface area contributed by atoms with Gasteiger partial charge in [-0.2, -0.15) is 18.3 Å². The summed E-state index contributed by atoms with van der Waals surface area (Å²) >= 11 is 0. The van der Waals surface area contributed by atoms with Crippen LogP contribution in [-0.2, 0) is 6.54 Å². The molecule has 112 valence electrons. The van der Waals surface area contributed by atoms with E-state index in [-0.39, 0.29) is 18.5 Å². The largest absolute Gasteiger partial charge is 0.408 e. The molecular formula is C13H18F3N3O. The molecule has 2 rings (SSSR count). The van der Waals surface area contributed by atoms with E-state index in [2.05, 4.69) is 5.10 Å². The number of carbonyl (C=O) groups excluding carboxylic acids is 1. The molecule has 1 fully saturated rings. The van der Waals surface area contributed by atoms with Gasteiger partial charge in [-0.05, 0) is 26.2 Å². The van der Waals surface area contributed by atoms with Crippen molar-refractivity contribution in [2.75, 3.05) is 6.54 Å². The number of aryl methyl sites for hydroxylation is 2. The number of halogens is 3. The number of aromatic nitrogens is 2. The van der Waals surface area contributed by atoms with Crippen molar-refractivity contribution in [1.82, 2.24) is 14.7 Å². The molecule has 0 N–H and O–H groups in total. The molecule has 0 bridgehead atoms. The van der Waals surface area contributed by atoms with Crippen molar-refractivity contribution >= 4 is 5.91 Å². The number of likely N-dealkylation sites (tertiary alicyclic amines) is 1. The van der Waals surface area contributed by atoms with Crippen molar-refractivity contribution in [3.63, 3.8) is 0 Å². The lowest BCUT2D eigenvalue weighted by Crippen LogP contribution is -2.44. The Morgan fingerprint density at radius 2 is 2.20 bits per heavy atom. The predicted molar refractivity (Wildman–Crippen MR) is 67.4 cm³/mol. The number of amides is 1. The Morgan fingerprint density at radius 3 is 2.80 bits per heavy atom. The molecule has 1 aromatic rings. The van der Waals surface area contributed by atoms with Crippen molar-refractivity contribution in [1.29, 1.82) is 0 Å². The summed E-state index contributed by atoms with van der Waals surface area (Å²) in [5.74, 6) is -0.565. The second-order valence-corrected chi connectivity index (χ2v) is 5.09. The molecule has 20 heavy (non-hydrogen) atoms. The maximum Gasteiger partial charge on any atom is 0.408 e. The van der Waals surface area contributed by atoms with Gasteiger partial charge in [0.15, 0.2) is 0 Å². The van der Waals surface area contributed by atoms with Crippen LogP contribution in [0.25, 0.3) is 0 Å². The van der Waals surface area contributed by atoms with Crippen molar-refractivity contribution in [3.8, 4) is 0 Å². The van der Waals surface area contributed by atoms with Crippen LogP contribution in [0.2, 0.25) is 0 Å². The predicted octanol–water partition coefficient (Wildman–Crippen LogP) is 2.77. The zero-order chi connectivity index (χ0) is 14.9. The van der Waals surface area contributed by atoms with Crippen LogP contribution in [0, 0.1) is 6.92 Å². The monoisotopic (exact) mass is 289 g/mol. The summed E-state index contributed by atoms with van der Waals surface area (Å²) in [6.45, 7) is 4.43. The molecule has 0 radical (unpaired) electrons. The van der Waals surface area contributed by atoms with Crippen molar-refractivity contribution < 1.29 is 18.0 Å². The molecule has 1 saturated heterocycles. The van der Waals surface area contributed by atoms with E-state index >= 15 is 0 Å². The number of alkyl halides is 3. The van der Waals surface area contributed by atoms with Crippen LogP contribution in [-0.4, -0.2) is 39.4 Å². The molecule has 1 amide bonds. The topological polar surface area (TPSA) is 38.1 Å². The lowest BCUT2D eigenvalue weighted by molar-refractivity contribution is -0.169. The summed E-state index contributed by atoms with van der Waals surface area (Å²) < 4.78 is 40.3. The van der Waals surface area contributed by atoms with Gasteiger partial charge in [0.05, 0.1) is 11.3 Å². The highest BCUT2D eigenvalue weighted by atomic mass is 19.4. The summed E-state index contributed by atoms with van der Waals surface area (Å²) in [4.78, 5) is 13.2. The van der Waals surface area contributed by atoms with Crippen molar-refractivity contribution in [3.05, 3.63) is 17.5 Å². The maximum absolute atomic E-state index is 12.9. The third kappa shape index (κ3) is 2.81. The third-order valence-corrected chi connectivity index (χ3v) is 3.52. The van der Waals surface area contributed by atoms with Crippen LogP contribution >= 0.6 is 0 Å². The molecular weight excluding hydrogens is 271 g/mol. The van der Waals surface area contributed by atoms with Crippen LogP contribution in [0.5, 0.6) is 0 Å². The minimum Gasteiger partial charge on any atom is -0.326 e. The van der Waals surface area contributed by atoms with Gasteiger partial charge in [-0.1, -0.05) is 6.92 Å². The fourth-order valence-electron chi connectivity index (χ4n) is 2.58. The van der Waals surface area contributed by atoms with Crippen molar-refractivity contribution in [2.24, 2.45) is 0 Å². The average Bonchev–Trinajstić information content (AvgIpc) is 2.94. The first-order valence-corrected chi connectivity index (χ1v) is 6.76. The van der Waals surface area contributed by atoms with E-state index < -0.39 is 18.1 Å². The highest BCUT2D eigenvalue weighted by molar-refractivity contribution is 5.95. The van der Waals surface area contributed by atoms with Gasteiger partial charge in [0.1, 0.15) is 6.04 Å². The molecule has 1 atom stereocenters. The summed E-state index contributed by atoms with van der Waals surface area (Å²) in [5, 5.41) is 4.17. The van der Waals surface area contributed by atoms with E-state index in [4.69, 9.17) is 0 Å². The Balaban J connectivity index is 2.22. The van der Waals surface area contributed by atoms with Gasteiger partial charge in [-0.15, -0.1) is 0 Å². The molecule has 4 nitrogen and oxygen atoms in total. The van der Waals surface area contributed by atoms with Crippen LogP contribution in [0.3, 0.4) is 0 Å².